The van der Waals surface area contributed by atoms with E-state index in [-0.39, 0.29) is 19.3 Å². The minimum Gasteiger partial charge on any atom is -0.480 e. The highest BCUT2D eigenvalue weighted by molar-refractivity contribution is 5.97. The molecule has 2 rings (SSSR count). The van der Waals surface area contributed by atoms with Crippen LogP contribution in [-0.4, -0.2) is 57.9 Å². The van der Waals surface area contributed by atoms with Crippen LogP contribution in [0, 0.1) is 0 Å². The van der Waals surface area contributed by atoms with E-state index in [1.807, 2.05) is 0 Å². The Morgan fingerprint density at radius 3 is 2.52 bits per heavy atom. The van der Waals surface area contributed by atoms with Crippen molar-refractivity contribution in [3.8, 4) is 5.75 Å². The van der Waals surface area contributed by atoms with Crippen LogP contribution in [0.1, 0.15) is 39.2 Å². The van der Waals surface area contributed by atoms with Crippen LogP contribution in [0.5, 0.6) is 5.75 Å². The average molecular weight is 437 g/mol. The Morgan fingerprint density at radius 1 is 1.26 bits per heavy atom. The van der Waals surface area contributed by atoms with Gasteiger partial charge in [0.25, 0.3) is 5.91 Å². The number of carbonyl (C=O) groups excluding carboxylic acids is 2. The van der Waals surface area contributed by atoms with Gasteiger partial charge in [-0.1, -0.05) is 6.07 Å². The van der Waals surface area contributed by atoms with Crippen molar-refractivity contribution < 1.29 is 38.9 Å². The molecule has 0 saturated heterocycles. The lowest BCUT2D eigenvalue weighted by Gasteiger charge is -2.27. The van der Waals surface area contributed by atoms with E-state index in [0.29, 0.717) is 17.0 Å². The summed E-state index contributed by atoms with van der Waals surface area (Å²) in [5.74, 6) is -2.49. The van der Waals surface area contributed by atoms with E-state index in [4.69, 9.17) is 20.3 Å². The van der Waals surface area contributed by atoms with Gasteiger partial charge in [-0.3, -0.25) is 9.59 Å². The molecule has 1 aliphatic rings. The minimum atomic E-state index is -1.24. The molecule has 2 amide bonds. The third kappa shape index (κ3) is 7.14. The zero-order valence-corrected chi connectivity index (χ0v) is 17.5. The van der Waals surface area contributed by atoms with Crippen molar-refractivity contribution >= 4 is 29.6 Å². The maximum absolute atomic E-state index is 12.3. The summed E-state index contributed by atoms with van der Waals surface area (Å²) in [6.45, 7) is 4.99. The van der Waals surface area contributed by atoms with Gasteiger partial charge in [0.1, 0.15) is 23.4 Å². The minimum absolute atomic E-state index is 0.0470. The number of anilines is 1. The van der Waals surface area contributed by atoms with Gasteiger partial charge in [0.15, 0.2) is 6.10 Å². The summed E-state index contributed by atoms with van der Waals surface area (Å²) < 4.78 is 10.7. The van der Waals surface area contributed by atoms with Gasteiger partial charge < -0.3 is 36.1 Å². The number of ether oxygens (including phenoxy) is 2. The van der Waals surface area contributed by atoms with Gasteiger partial charge in [-0.05, 0) is 51.3 Å². The summed E-state index contributed by atoms with van der Waals surface area (Å²) in [4.78, 5) is 46.5. The van der Waals surface area contributed by atoms with Crippen LogP contribution in [0.4, 0.5) is 10.5 Å². The van der Waals surface area contributed by atoms with Crippen molar-refractivity contribution in [2.24, 2.45) is 5.73 Å². The number of amides is 2. The van der Waals surface area contributed by atoms with Gasteiger partial charge >= 0.3 is 18.0 Å². The molecule has 2 unspecified atom stereocenters. The zero-order chi connectivity index (χ0) is 23.3. The maximum Gasteiger partial charge on any atom is 0.408 e. The molecule has 0 aromatic heterocycles. The second kappa shape index (κ2) is 9.65. The number of carboxylic acid groups (broad SMARTS) is 2. The Labute approximate surface area is 178 Å². The molecule has 0 radical (unpaired) electrons. The number of hydrogen-bond donors (Lipinski definition) is 5. The Kier molecular flexibility index (Phi) is 7.45. The lowest BCUT2D eigenvalue weighted by molar-refractivity contribution is -0.140. The molecular weight excluding hydrogens is 410 g/mol. The van der Waals surface area contributed by atoms with E-state index < -0.39 is 47.7 Å². The van der Waals surface area contributed by atoms with Crippen LogP contribution in [0.15, 0.2) is 18.2 Å². The van der Waals surface area contributed by atoms with Crippen LogP contribution >= 0.6 is 0 Å². The molecule has 0 fully saturated rings. The first kappa shape index (κ1) is 23.9. The third-order valence-electron chi connectivity index (χ3n) is 4.35. The Balaban J connectivity index is 2.05. The Bertz CT molecular complexity index is 864. The quantitative estimate of drug-likeness (QED) is 0.398. The summed E-state index contributed by atoms with van der Waals surface area (Å²) in [6, 6.07) is 2.41. The molecule has 0 bridgehead atoms. The number of carboxylic acids is 2. The fraction of sp³-hybridized carbons (Fsp3) is 0.500. The molecule has 0 saturated carbocycles. The van der Waals surface area contributed by atoms with E-state index >= 15 is 0 Å². The molecule has 170 valence electrons. The van der Waals surface area contributed by atoms with Gasteiger partial charge in [0.05, 0.1) is 5.69 Å². The van der Waals surface area contributed by atoms with Crippen molar-refractivity contribution in [1.82, 2.24) is 5.32 Å². The molecule has 0 aliphatic carbocycles. The standard InChI is InChI=1S/C20H27N3O8/c1-20(2,3)31-19(29)23-13(18(27)28)9-10-4-6-14-12(8-10)22-16(24)15(30-14)7-5-11(21)17(25)26/h4,6,8,11,13,15H,5,7,9,21H2,1-3H3,(H,22,24)(H,23,29)(H,25,26)(H,27,28)/t11?,13-,15?/m0/s1. The van der Waals surface area contributed by atoms with Crippen molar-refractivity contribution in [2.75, 3.05) is 5.32 Å². The number of carbonyl (C=O) groups is 4. The van der Waals surface area contributed by atoms with Gasteiger partial charge in [-0.2, -0.15) is 0 Å². The largest absolute Gasteiger partial charge is 0.480 e. The SMILES string of the molecule is CC(C)(C)OC(=O)N[C@@H](Cc1ccc2c(c1)NC(=O)C(CCC(N)C(=O)O)O2)C(=O)O. The van der Waals surface area contributed by atoms with Crippen LogP contribution in [0.2, 0.25) is 0 Å². The van der Waals surface area contributed by atoms with E-state index in [1.54, 1.807) is 39.0 Å². The van der Waals surface area contributed by atoms with Crippen LogP contribution < -0.4 is 21.1 Å². The summed E-state index contributed by atoms with van der Waals surface area (Å²) >= 11 is 0. The molecule has 1 aromatic rings. The van der Waals surface area contributed by atoms with Crippen LogP contribution in [0.25, 0.3) is 0 Å². The molecule has 11 nitrogen and oxygen atoms in total. The normalized spacial score (nSPS) is 17.4. The summed E-state index contributed by atoms with van der Waals surface area (Å²) in [5, 5.41) is 23.2. The average Bonchev–Trinajstić information content (AvgIpc) is 2.63. The number of rotatable bonds is 8. The molecule has 0 spiro atoms. The summed E-state index contributed by atoms with van der Waals surface area (Å²) in [6.07, 6.45) is -1.59. The first-order chi connectivity index (χ1) is 14.4. The van der Waals surface area contributed by atoms with E-state index in [1.165, 1.54) is 0 Å². The monoisotopic (exact) mass is 437 g/mol. The van der Waals surface area contributed by atoms with E-state index in [0.717, 1.165) is 0 Å². The van der Waals surface area contributed by atoms with Gasteiger partial charge in [-0.15, -0.1) is 0 Å². The molecule has 1 aliphatic heterocycles. The first-order valence-electron chi connectivity index (χ1n) is 9.67. The molecule has 6 N–H and O–H groups in total. The predicted molar refractivity (Wildman–Crippen MR) is 109 cm³/mol. The topological polar surface area (TPSA) is 177 Å². The number of fused-ring (bicyclic) bond motifs is 1. The lowest BCUT2D eigenvalue weighted by Crippen LogP contribution is -2.44. The number of nitrogens with one attached hydrogen (secondary N) is 2. The number of nitrogens with two attached hydrogens (primary N) is 1. The highest BCUT2D eigenvalue weighted by Crippen LogP contribution is 2.32. The summed E-state index contributed by atoms with van der Waals surface area (Å²) in [5.41, 5.74) is 5.58. The maximum atomic E-state index is 12.3. The second-order valence-electron chi connectivity index (χ2n) is 8.19. The van der Waals surface area contributed by atoms with Gasteiger partial charge in [0, 0.05) is 6.42 Å². The van der Waals surface area contributed by atoms with Gasteiger partial charge in [-0.25, -0.2) is 9.59 Å². The fourth-order valence-corrected chi connectivity index (χ4v) is 2.85. The van der Waals surface area contributed by atoms with Crippen molar-refractivity contribution in [3.63, 3.8) is 0 Å². The zero-order valence-electron chi connectivity index (χ0n) is 17.5. The number of hydrogen-bond acceptors (Lipinski definition) is 7. The molecule has 1 aromatic carbocycles. The fourth-order valence-electron chi connectivity index (χ4n) is 2.85. The molecule has 3 atom stereocenters. The number of benzene rings is 1. The molecule has 1 heterocycles. The Hall–Kier alpha value is -3.34. The lowest BCUT2D eigenvalue weighted by atomic mass is 10.0. The molecule has 31 heavy (non-hydrogen) atoms. The Morgan fingerprint density at radius 2 is 1.94 bits per heavy atom. The third-order valence-corrected chi connectivity index (χ3v) is 4.35. The molecule has 11 heteroatoms. The smallest absolute Gasteiger partial charge is 0.408 e. The summed E-state index contributed by atoms with van der Waals surface area (Å²) in [7, 11) is 0. The van der Waals surface area contributed by atoms with Crippen LogP contribution in [-0.2, 0) is 25.5 Å². The second-order valence-corrected chi connectivity index (χ2v) is 8.19. The van der Waals surface area contributed by atoms with E-state index in [9.17, 15) is 24.3 Å². The molecular formula is C20H27N3O8. The highest BCUT2D eigenvalue weighted by Gasteiger charge is 2.30. The van der Waals surface area contributed by atoms with E-state index in [2.05, 4.69) is 10.6 Å². The van der Waals surface area contributed by atoms with Crippen LogP contribution in [0.3, 0.4) is 0 Å². The first-order valence-corrected chi connectivity index (χ1v) is 9.67. The predicted octanol–water partition coefficient (Wildman–Crippen LogP) is 1.10. The highest BCUT2D eigenvalue weighted by atomic mass is 16.6. The van der Waals surface area contributed by atoms with Crippen molar-refractivity contribution in [2.45, 2.75) is 63.8 Å². The van der Waals surface area contributed by atoms with Crippen molar-refractivity contribution in [3.05, 3.63) is 23.8 Å². The number of aliphatic carboxylic acids is 2. The van der Waals surface area contributed by atoms with Crippen molar-refractivity contribution in [1.29, 1.82) is 0 Å². The number of alkyl carbamates (subject to hydrolysis) is 1. The van der Waals surface area contributed by atoms with Gasteiger partial charge in [0.2, 0.25) is 0 Å².